The molecule has 0 saturated heterocycles. The summed E-state index contributed by atoms with van der Waals surface area (Å²) in [6, 6.07) is 20.4. The molecule has 0 unspecified atom stereocenters. The van der Waals surface area contributed by atoms with Crippen LogP contribution < -0.4 is 0 Å². The first kappa shape index (κ1) is 15.9. The Morgan fingerprint density at radius 2 is 1.62 bits per heavy atom. The van der Waals surface area contributed by atoms with Gasteiger partial charge in [-0.25, -0.2) is 19.3 Å². The first-order valence-corrected chi connectivity index (χ1v) is 9.16. The average Bonchev–Trinajstić information content (AvgIpc) is 3.34. The van der Waals surface area contributed by atoms with E-state index in [-0.39, 0.29) is 5.82 Å². The van der Waals surface area contributed by atoms with Crippen molar-refractivity contribution in [2.45, 2.75) is 0 Å². The highest BCUT2D eigenvalue weighted by Gasteiger charge is 2.22. The zero-order chi connectivity index (χ0) is 19.4. The lowest BCUT2D eigenvalue weighted by Gasteiger charge is -2.09. The van der Waals surface area contributed by atoms with Gasteiger partial charge in [-0.1, -0.05) is 36.4 Å². The number of para-hydroxylation sites is 2. The van der Waals surface area contributed by atoms with Crippen LogP contribution in [-0.2, 0) is 0 Å². The lowest BCUT2D eigenvalue weighted by atomic mass is 10.1. The van der Waals surface area contributed by atoms with Crippen LogP contribution in [0.3, 0.4) is 0 Å². The predicted molar refractivity (Wildman–Crippen MR) is 109 cm³/mol. The fourth-order valence-electron chi connectivity index (χ4n) is 3.78. The van der Waals surface area contributed by atoms with Crippen molar-refractivity contribution in [2.75, 3.05) is 0 Å². The molecule has 0 aliphatic heterocycles. The first-order chi connectivity index (χ1) is 14.3. The van der Waals surface area contributed by atoms with E-state index in [1.165, 1.54) is 6.07 Å². The molecule has 0 bridgehead atoms. The molecule has 3 aromatic heterocycles. The van der Waals surface area contributed by atoms with Gasteiger partial charge in [0.2, 0.25) is 0 Å². The SMILES string of the molecule is Fc1ccc(-c2nc3nccnc3n2-c2ccccc2)c2oc3ccccc3c12. The summed E-state index contributed by atoms with van der Waals surface area (Å²) in [6.07, 6.45) is 3.24. The highest BCUT2D eigenvalue weighted by molar-refractivity contribution is 6.09. The summed E-state index contributed by atoms with van der Waals surface area (Å²) in [4.78, 5) is 13.5. The molecule has 138 valence electrons. The molecule has 0 N–H and O–H groups in total. The van der Waals surface area contributed by atoms with Crippen LogP contribution in [-0.4, -0.2) is 19.5 Å². The third-order valence-electron chi connectivity index (χ3n) is 5.03. The van der Waals surface area contributed by atoms with E-state index in [2.05, 4.69) is 9.97 Å². The molecule has 0 atom stereocenters. The minimum absolute atomic E-state index is 0.327. The maximum Gasteiger partial charge on any atom is 0.198 e. The van der Waals surface area contributed by atoms with Gasteiger partial charge in [0, 0.05) is 23.5 Å². The number of benzene rings is 3. The largest absolute Gasteiger partial charge is 0.455 e. The van der Waals surface area contributed by atoms with Gasteiger partial charge in [-0.2, -0.15) is 0 Å². The molecule has 0 saturated carbocycles. The van der Waals surface area contributed by atoms with Crippen molar-refractivity contribution in [1.29, 1.82) is 0 Å². The van der Waals surface area contributed by atoms with E-state index in [0.717, 1.165) is 11.1 Å². The van der Waals surface area contributed by atoms with Crippen molar-refractivity contribution >= 4 is 33.2 Å². The molecular formula is C23H13FN4O. The Bertz CT molecular complexity index is 1520. The van der Waals surface area contributed by atoms with Gasteiger partial charge in [-0.15, -0.1) is 0 Å². The lowest BCUT2D eigenvalue weighted by molar-refractivity contribution is 0.634. The number of hydrogen-bond donors (Lipinski definition) is 0. The van der Waals surface area contributed by atoms with Crippen LogP contribution >= 0.6 is 0 Å². The van der Waals surface area contributed by atoms with Crippen LogP contribution in [0.1, 0.15) is 0 Å². The molecule has 3 heterocycles. The molecule has 0 amide bonds. The molecule has 0 aliphatic carbocycles. The van der Waals surface area contributed by atoms with E-state index in [4.69, 9.17) is 9.40 Å². The zero-order valence-electron chi connectivity index (χ0n) is 15.1. The number of rotatable bonds is 2. The standard InChI is InChI=1S/C23H13FN4O/c24-17-11-10-16(20-19(17)15-8-4-5-9-18(15)29-20)22-27-21-23(26-13-12-25-21)28(22)14-6-2-1-3-7-14/h1-13H. The molecular weight excluding hydrogens is 367 g/mol. The summed E-state index contributed by atoms with van der Waals surface area (Å²) in [7, 11) is 0. The minimum atomic E-state index is -0.327. The number of aromatic nitrogens is 4. The second kappa shape index (κ2) is 5.97. The van der Waals surface area contributed by atoms with Gasteiger partial charge >= 0.3 is 0 Å². The van der Waals surface area contributed by atoms with Crippen LogP contribution in [0.4, 0.5) is 4.39 Å². The Morgan fingerprint density at radius 1 is 0.828 bits per heavy atom. The van der Waals surface area contributed by atoms with Gasteiger partial charge in [-0.05, 0) is 30.3 Å². The number of nitrogens with zero attached hydrogens (tertiary/aromatic N) is 4. The normalized spacial score (nSPS) is 11.6. The predicted octanol–water partition coefficient (Wildman–Crippen LogP) is 5.52. The molecule has 5 nitrogen and oxygen atoms in total. The van der Waals surface area contributed by atoms with Crippen molar-refractivity contribution in [3.05, 3.63) is 84.9 Å². The molecule has 3 aromatic carbocycles. The highest BCUT2D eigenvalue weighted by atomic mass is 19.1. The Hall–Kier alpha value is -4.06. The summed E-state index contributed by atoms with van der Waals surface area (Å²) in [6.45, 7) is 0. The zero-order valence-corrected chi connectivity index (χ0v) is 15.1. The Kier molecular flexibility index (Phi) is 3.28. The van der Waals surface area contributed by atoms with Gasteiger partial charge in [0.1, 0.15) is 17.0 Å². The van der Waals surface area contributed by atoms with E-state index in [0.29, 0.717) is 39.2 Å². The van der Waals surface area contributed by atoms with Crippen molar-refractivity contribution in [1.82, 2.24) is 19.5 Å². The Morgan fingerprint density at radius 3 is 2.52 bits per heavy atom. The molecule has 6 aromatic rings. The van der Waals surface area contributed by atoms with Crippen molar-refractivity contribution in [2.24, 2.45) is 0 Å². The Balaban J connectivity index is 1.76. The summed E-state index contributed by atoms with van der Waals surface area (Å²) >= 11 is 0. The summed E-state index contributed by atoms with van der Waals surface area (Å²) in [5.41, 5.74) is 3.80. The summed E-state index contributed by atoms with van der Waals surface area (Å²) < 4.78 is 22.8. The molecule has 0 aliphatic rings. The Labute approximate surface area is 164 Å². The quantitative estimate of drug-likeness (QED) is 0.397. The fourth-order valence-corrected chi connectivity index (χ4v) is 3.78. The van der Waals surface area contributed by atoms with Crippen LogP contribution in [0.25, 0.3) is 50.3 Å². The topological polar surface area (TPSA) is 56.7 Å². The lowest BCUT2D eigenvalue weighted by Crippen LogP contribution is -1.99. The number of hydrogen-bond acceptors (Lipinski definition) is 4. The maximum atomic E-state index is 14.8. The summed E-state index contributed by atoms with van der Waals surface area (Å²) in [5, 5.41) is 1.19. The van der Waals surface area contributed by atoms with Gasteiger partial charge < -0.3 is 4.42 Å². The summed E-state index contributed by atoms with van der Waals surface area (Å²) in [5.74, 6) is 0.272. The first-order valence-electron chi connectivity index (χ1n) is 9.16. The molecule has 0 spiro atoms. The molecule has 6 rings (SSSR count). The average molecular weight is 380 g/mol. The van der Waals surface area contributed by atoms with Crippen LogP contribution in [0, 0.1) is 5.82 Å². The maximum absolute atomic E-state index is 14.8. The third kappa shape index (κ3) is 2.29. The van der Waals surface area contributed by atoms with E-state index < -0.39 is 0 Å². The van der Waals surface area contributed by atoms with Crippen molar-refractivity contribution in [3.63, 3.8) is 0 Å². The fraction of sp³-hybridized carbons (Fsp3) is 0. The smallest absolute Gasteiger partial charge is 0.198 e. The van der Waals surface area contributed by atoms with Crippen molar-refractivity contribution in [3.8, 4) is 17.1 Å². The minimum Gasteiger partial charge on any atom is -0.455 e. The van der Waals surface area contributed by atoms with Crippen LogP contribution in [0.5, 0.6) is 0 Å². The second-order valence-corrected chi connectivity index (χ2v) is 6.71. The highest BCUT2D eigenvalue weighted by Crippen LogP contribution is 2.38. The third-order valence-corrected chi connectivity index (χ3v) is 5.03. The molecule has 0 fully saturated rings. The van der Waals surface area contributed by atoms with E-state index >= 15 is 0 Å². The molecule has 6 heteroatoms. The van der Waals surface area contributed by atoms with Crippen LogP contribution in [0.15, 0.2) is 83.5 Å². The van der Waals surface area contributed by atoms with E-state index in [1.807, 2.05) is 59.2 Å². The number of furan rings is 1. The number of imidazole rings is 1. The second-order valence-electron chi connectivity index (χ2n) is 6.71. The van der Waals surface area contributed by atoms with Gasteiger partial charge in [0.25, 0.3) is 0 Å². The van der Waals surface area contributed by atoms with Gasteiger partial charge in [0.15, 0.2) is 17.1 Å². The van der Waals surface area contributed by atoms with Gasteiger partial charge in [-0.3, -0.25) is 4.57 Å². The van der Waals surface area contributed by atoms with Crippen LogP contribution in [0.2, 0.25) is 0 Å². The van der Waals surface area contributed by atoms with Gasteiger partial charge in [0.05, 0.1) is 10.9 Å². The number of halogens is 1. The number of fused-ring (bicyclic) bond motifs is 4. The van der Waals surface area contributed by atoms with Crippen molar-refractivity contribution < 1.29 is 8.81 Å². The van der Waals surface area contributed by atoms with E-state index in [9.17, 15) is 4.39 Å². The monoisotopic (exact) mass is 380 g/mol. The molecule has 0 radical (unpaired) electrons. The molecule has 29 heavy (non-hydrogen) atoms. The van der Waals surface area contributed by atoms with E-state index in [1.54, 1.807) is 18.5 Å².